The van der Waals surface area contributed by atoms with E-state index in [9.17, 15) is 15.0 Å². The Bertz CT molecular complexity index is 1020. The number of thiol groups is 1. The van der Waals surface area contributed by atoms with Crippen LogP contribution >= 0.6 is 24.2 Å². The molecule has 142 valence electrons. The molecule has 0 spiro atoms. The highest BCUT2D eigenvalue weighted by Gasteiger charge is 2.33. The van der Waals surface area contributed by atoms with E-state index in [-0.39, 0.29) is 33.8 Å². The van der Waals surface area contributed by atoms with Crippen molar-refractivity contribution < 1.29 is 14.6 Å². The number of halogens is 1. The van der Waals surface area contributed by atoms with Crippen LogP contribution in [0.5, 0.6) is 11.5 Å². The first kappa shape index (κ1) is 18.5. The quantitative estimate of drug-likeness (QED) is 0.605. The van der Waals surface area contributed by atoms with E-state index in [1.807, 2.05) is 12.2 Å². The van der Waals surface area contributed by atoms with Crippen molar-refractivity contribution >= 4 is 40.8 Å². The third kappa shape index (κ3) is 3.17. The molecule has 2 aliphatic carbocycles. The Morgan fingerprint density at radius 3 is 2.67 bits per heavy atom. The fourth-order valence-electron chi connectivity index (χ4n) is 4.31. The smallest absolute Gasteiger partial charge is 0.197 e. The van der Waals surface area contributed by atoms with Crippen LogP contribution in [-0.4, -0.2) is 16.0 Å². The van der Waals surface area contributed by atoms with Crippen LogP contribution in [0.25, 0.3) is 16.5 Å². The van der Waals surface area contributed by atoms with Gasteiger partial charge in [-0.05, 0) is 43.3 Å². The van der Waals surface area contributed by atoms with Crippen LogP contribution in [0.3, 0.4) is 0 Å². The summed E-state index contributed by atoms with van der Waals surface area (Å²) in [5.74, 6) is 1.06. The van der Waals surface area contributed by atoms with E-state index in [1.54, 1.807) is 0 Å². The Balaban J connectivity index is 1.99. The lowest BCUT2D eigenvalue weighted by Crippen LogP contribution is -2.11. The fourth-order valence-corrected chi connectivity index (χ4v) is 5.03. The number of hydrogen-bond donors (Lipinski definition) is 3. The molecule has 0 bridgehead atoms. The van der Waals surface area contributed by atoms with E-state index >= 15 is 0 Å². The van der Waals surface area contributed by atoms with Gasteiger partial charge in [-0.25, -0.2) is 0 Å². The Morgan fingerprint density at radius 1 is 1.15 bits per heavy atom. The number of hydrogen-bond acceptors (Lipinski definition) is 5. The molecule has 0 amide bonds. The summed E-state index contributed by atoms with van der Waals surface area (Å²) >= 11 is 10.8. The maximum Gasteiger partial charge on any atom is 0.197 e. The van der Waals surface area contributed by atoms with E-state index in [0.29, 0.717) is 33.6 Å². The van der Waals surface area contributed by atoms with E-state index in [0.717, 1.165) is 32.1 Å². The lowest BCUT2D eigenvalue weighted by molar-refractivity contribution is 0.431. The Kier molecular flexibility index (Phi) is 4.99. The number of benzene rings is 1. The zero-order chi connectivity index (χ0) is 19.1. The molecular weight excluding hydrogens is 384 g/mol. The van der Waals surface area contributed by atoms with Crippen molar-refractivity contribution in [1.82, 2.24) is 0 Å². The van der Waals surface area contributed by atoms with Gasteiger partial charge < -0.3 is 14.6 Å². The van der Waals surface area contributed by atoms with Crippen molar-refractivity contribution in [2.24, 2.45) is 5.92 Å². The summed E-state index contributed by atoms with van der Waals surface area (Å²) < 4.78 is 6.11. The number of allylic oxidation sites excluding steroid dienone is 4. The molecule has 2 aliphatic rings. The third-order valence-corrected chi connectivity index (χ3v) is 6.45. The molecule has 27 heavy (non-hydrogen) atoms. The second-order valence-corrected chi connectivity index (χ2v) is 8.01. The molecule has 1 heterocycles. The minimum absolute atomic E-state index is 0.0374. The average Bonchev–Trinajstić information content (AvgIpc) is 3.09. The summed E-state index contributed by atoms with van der Waals surface area (Å²) in [5, 5.41) is 21.5. The highest BCUT2D eigenvalue weighted by molar-refractivity contribution is 7.80. The SMILES string of the molecule is O=c1cc(C2=CCCC=C2Cl)oc2c(C3CCCC3CS)c(O)cc(O)c12. The maximum absolute atomic E-state index is 12.8. The number of phenols is 2. The van der Waals surface area contributed by atoms with Gasteiger partial charge in [0.1, 0.15) is 28.2 Å². The first-order valence-corrected chi connectivity index (χ1v) is 10.2. The summed E-state index contributed by atoms with van der Waals surface area (Å²) in [4.78, 5) is 12.8. The zero-order valence-corrected chi connectivity index (χ0v) is 16.4. The van der Waals surface area contributed by atoms with Crippen LogP contribution in [0.2, 0.25) is 0 Å². The van der Waals surface area contributed by atoms with Crippen molar-refractivity contribution in [3.05, 3.63) is 50.9 Å². The standard InChI is InChI=1S/C21H21ClO4S/c22-14-7-2-1-5-13(14)18-9-17(25)20-16(24)8-15(23)19(21(20)26-18)12-6-3-4-11(12)10-27/h5,7-9,11-12,23-24,27H,1-4,6,10H2. The van der Waals surface area contributed by atoms with Gasteiger partial charge in [0.05, 0.1) is 0 Å². The molecule has 6 heteroatoms. The van der Waals surface area contributed by atoms with Crippen molar-refractivity contribution in [2.45, 2.75) is 38.0 Å². The largest absolute Gasteiger partial charge is 0.507 e. The first-order valence-electron chi connectivity index (χ1n) is 9.21. The van der Waals surface area contributed by atoms with Gasteiger partial charge in [-0.1, -0.05) is 30.2 Å². The fraction of sp³-hybridized carbons (Fsp3) is 0.381. The Hall–Kier alpha value is -1.85. The molecule has 2 N–H and O–H groups in total. The normalized spacial score (nSPS) is 22.7. The van der Waals surface area contributed by atoms with Gasteiger partial charge in [-0.15, -0.1) is 0 Å². The van der Waals surface area contributed by atoms with Gasteiger partial charge in [0.15, 0.2) is 5.43 Å². The van der Waals surface area contributed by atoms with Crippen molar-refractivity contribution in [3.8, 4) is 11.5 Å². The second-order valence-electron chi connectivity index (χ2n) is 7.23. The molecule has 4 nitrogen and oxygen atoms in total. The van der Waals surface area contributed by atoms with E-state index in [2.05, 4.69) is 12.6 Å². The second kappa shape index (κ2) is 7.28. The summed E-state index contributed by atoms with van der Waals surface area (Å²) in [5.41, 5.74) is 1.17. The van der Waals surface area contributed by atoms with Crippen LogP contribution < -0.4 is 5.43 Å². The van der Waals surface area contributed by atoms with Crippen molar-refractivity contribution in [3.63, 3.8) is 0 Å². The molecule has 1 saturated carbocycles. The first-order chi connectivity index (χ1) is 13.0. The molecule has 1 aromatic carbocycles. The molecule has 2 aromatic rings. The molecule has 0 aliphatic heterocycles. The summed E-state index contributed by atoms with van der Waals surface area (Å²) in [6.07, 6.45) is 8.43. The van der Waals surface area contributed by atoms with Crippen LogP contribution in [-0.2, 0) is 0 Å². The predicted octanol–water partition coefficient (Wildman–Crippen LogP) is 5.32. The van der Waals surface area contributed by atoms with Gasteiger partial charge in [0.25, 0.3) is 0 Å². The lowest BCUT2D eigenvalue weighted by Gasteiger charge is -2.21. The van der Waals surface area contributed by atoms with Gasteiger partial charge >= 0.3 is 0 Å². The molecule has 2 atom stereocenters. The average molecular weight is 405 g/mol. The summed E-state index contributed by atoms with van der Waals surface area (Å²) in [6.45, 7) is 0. The van der Waals surface area contributed by atoms with Crippen molar-refractivity contribution in [2.75, 3.05) is 5.75 Å². The number of phenolic OH excluding ortho intramolecular Hbond substituents is 2. The van der Waals surface area contributed by atoms with Crippen LogP contribution in [0.15, 0.2) is 38.5 Å². The molecule has 1 fully saturated rings. The van der Waals surface area contributed by atoms with Gasteiger partial charge in [-0.2, -0.15) is 12.6 Å². The monoisotopic (exact) mass is 404 g/mol. The highest BCUT2D eigenvalue weighted by atomic mass is 35.5. The molecule has 1 aromatic heterocycles. The van der Waals surface area contributed by atoms with E-state index < -0.39 is 0 Å². The predicted molar refractivity (Wildman–Crippen MR) is 111 cm³/mol. The number of fused-ring (bicyclic) bond motifs is 1. The minimum Gasteiger partial charge on any atom is -0.507 e. The molecule has 0 saturated heterocycles. The van der Waals surface area contributed by atoms with Gasteiger partial charge in [0.2, 0.25) is 0 Å². The van der Waals surface area contributed by atoms with Gasteiger partial charge in [-0.3, -0.25) is 4.79 Å². The molecular formula is C21H21ClO4S. The third-order valence-electron chi connectivity index (χ3n) is 5.62. The Labute approximate surface area is 167 Å². The van der Waals surface area contributed by atoms with E-state index in [1.165, 1.54) is 12.1 Å². The van der Waals surface area contributed by atoms with E-state index in [4.69, 9.17) is 16.0 Å². The highest BCUT2D eigenvalue weighted by Crippen LogP contribution is 2.48. The number of aromatic hydroxyl groups is 2. The molecule has 4 rings (SSSR count). The summed E-state index contributed by atoms with van der Waals surface area (Å²) in [6, 6.07) is 2.61. The van der Waals surface area contributed by atoms with Gasteiger partial charge in [0, 0.05) is 28.3 Å². The number of rotatable bonds is 3. The molecule has 0 radical (unpaired) electrons. The minimum atomic E-state index is -0.346. The maximum atomic E-state index is 12.8. The topological polar surface area (TPSA) is 70.7 Å². The van der Waals surface area contributed by atoms with Crippen LogP contribution in [0, 0.1) is 5.92 Å². The summed E-state index contributed by atoms with van der Waals surface area (Å²) in [7, 11) is 0. The van der Waals surface area contributed by atoms with Crippen LogP contribution in [0.1, 0.15) is 49.3 Å². The zero-order valence-electron chi connectivity index (χ0n) is 14.7. The lowest BCUT2D eigenvalue weighted by atomic mass is 9.87. The van der Waals surface area contributed by atoms with Crippen LogP contribution in [0.4, 0.5) is 0 Å². The molecule has 2 unspecified atom stereocenters. The van der Waals surface area contributed by atoms with Crippen molar-refractivity contribution in [1.29, 1.82) is 0 Å². The Morgan fingerprint density at radius 2 is 1.93 bits per heavy atom.